The number of hydrogen-bond acceptors (Lipinski definition) is 2. The van der Waals surface area contributed by atoms with Crippen molar-refractivity contribution in [2.45, 2.75) is 38.5 Å². The van der Waals surface area contributed by atoms with Crippen LogP contribution in [0, 0.1) is 10.1 Å². The van der Waals surface area contributed by atoms with Crippen molar-refractivity contribution < 1.29 is 4.92 Å². The molecule has 3 heteroatoms. The standard InChI is InChI=1S/C16H17NO2/c1-3-10(4-2)15-12-8-9-13(15)16-11(12)6-5-7-14(16)17(18)19/h5-9,12-13H,3-4H2,1-2H3. The van der Waals surface area contributed by atoms with E-state index in [-0.39, 0.29) is 22.4 Å². The van der Waals surface area contributed by atoms with E-state index in [9.17, 15) is 10.1 Å². The lowest BCUT2D eigenvalue weighted by Crippen LogP contribution is -1.99. The van der Waals surface area contributed by atoms with Crippen LogP contribution in [-0.2, 0) is 0 Å². The molecular weight excluding hydrogens is 238 g/mol. The summed E-state index contributed by atoms with van der Waals surface area (Å²) in [5.41, 5.74) is 5.18. The summed E-state index contributed by atoms with van der Waals surface area (Å²) in [7, 11) is 0. The molecule has 0 saturated heterocycles. The van der Waals surface area contributed by atoms with Gasteiger partial charge >= 0.3 is 0 Å². The van der Waals surface area contributed by atoms with Crippen LogP contribution in [0.15, 0.2) is 41.5 Å². The second-order valence-electron chi connectivity index (χ2n) is 5.14. The third-order valence-electron chi connectivity index (χ3n) is 4.39. The van der Waals surface area contributed by atoms with Crippen molar-refractivity contribution >= 4 is 5.69 Å². The van der Waals surface area contributed by atoms with Crippen LogP contribution in [-0.4, -0.2) is 4.92 Å². The van der Waals surface area contributed by atoms with Crippen LogP contribution >= 0.6 is 0 Å². The summed E-state index contributed by atoms with van der Waals surface area (Å²) >= 11 is 0. The highest BCUT2D eigenvalue weighted by Crippen LogP contribution is 2.56. The lowest BCUT2D eigenvalue weighted by molar-refractivity contribution is -0.385. The molecule has 0 heterocycles. The van der Waals surface area contributed by atoms with E-state index in [1.807, 2.05) is 6.07 Å². The number of fused-ring (bicyclic) bond motifs is 5. The average molecular weight is 255 g/mol. The SMILES string of the molecule is CCC(CC)=C1C2C=CC1c1c2cccc1[N+](=O)[O-]. The van der Waals surface area contributed by atoms with Gasteiger partial charge in [0.25, 0.3) is 5.69 Å². The zero-order valence-corrected chi connectivity index (χ0v) is 11.2. The summed E-state index contributed by atoms with van der Waals surface area (Å²) in [6.45, 7) is 4.34. The minimum atomic E-state index is -0.247. The Balaban J connectivity index is 2.21. The Morgan fingerprint density at radius 1 is 1.21 bits per heavy atom. The van der Waals surface area contributed by atoms with E-state index in [0.717, 1.165) is 24.0 Å². The van der Waals surface area contributed by atoms with Gasteiger partial charge in [-0.05, 0) is 24.0 Å². The van der Waals surface area contributed by atoms with Crippen molar-refractivity contribution in [1.82, 2.24) is 0 Å². The molecule has 2 aliphatic rings. The van der Waals surface area contributed by atoms with Crippen molar-refractivity contribution in [2.75, 3.05) is 0 Å². The number of hydrogen-bond donors (Lipinski definition) is 0. The highest BCUT2D eigenvalue weighted by atomic mass is 16.6. The van der Waals surface area contributed by atoms with Crippen LogP contribution < -0.4 is 0 Å². The number of nitrogens with zero attached hydrogens (tertiary/aromatic N) is 1. The lowest BCUT2D eigenvalue weighted by atomic mass is 9.92. The van der Waals surface area contributed by atoms with Crippen LogP contribution in [0.4, 0.5) is 5.69 Å². The number of nitro groups is 1. The van der Waals surface area contributed by atoms with Gasteiger partial charge in [0.05, 0.1) is 4.92 Å². The zero-order valence-electron chi connectivity index (χ0n) is 11.2. The maximum absolute atomic E-state index is 11.2. The summed E-state index contributed by atoms with van der Waals surface area (Å²) in [4.78, 5) is 11.0. The van der Waals surface area contributed by atoms with Crippen LogP contribution in [0.5, 0.6) is 0 Å². The Bertz CT molecular complexity index is 607. The molecule has 0 aromatic heterocycles. The molecule has 1 aromatic rings. The third-order valence-corrected chi connectivity index (χ3v) is 4.39. The fraction of sp³-hybridized carbons (Fsp3) is 0.375. The molecule has 1 aromatic carbocycles. The highest BCUT2D eigenvalue weighted by molar-refractivity contribution is 5.66. The largest absolute Gasteiger partial charge is 0.273 e. The summed E-state index contributed by atoms with van der Waals surface area (Å²) < 4.78 is 0. The first-order valence-corrected chi connectivity index (χ1v) is 6.86. The van der Waals surface area contributed by atoms with Crippen LogP contribution in [0.2, 0.25) is 0 Å². The van der Waals surface area contributed by atoms with Crippen molar-refractivity contribution in [3.05, 3.63) is 62.7 Å². The molecule has 0 spiro atoms. The number of benzene rings is 1. The molecular formula is C16H17NO2. The second kappa shape index (κ2) is 4.34. The molecule has 98 valence electrons. The first kappa shape index (κ1) is 12.2. The fourth-order valence-corrected chi connectivity index (χ4v) is 3.58. The van der Waals surface area contributed by atoms with Gasteiger partial charge in [-0.2, -0.15) is 0 Å². The van der Waals surface area contributed by atoms with Crippen molar-refractivity contribution in [3.63, 3.8) is 0 Å². The van der Waals surface area contributed by atoms with Gasteiger partial charge in [0, 0.05) is 23.5 Å². The molecule has 0 amide bonds. The molecule has 0 aliphatic heterocycles. The van der Waals surface area contributed by atoms with Gasteiger partial charge in [0.2, 0.25) is 0 Å². The Labute approximate surface area is 112 Å². The van der Waals surface area contributed by atoms with E-state index in [4.69, 9.17) is 0 Å². The second-order valence-corrected chi connectivity index (χ2v) is 5.14. The molecule has 0 radical (unpaired) electrons. The van der Waals surface area contributed by atoms with Gasteiger partial charge in [0.15, 0.2) is 0 Å². The summed E-state index contributed by atoms with van der Waals surface area (Å²) in [6.07, 6.45) is 6.41. The van der Waals surface area contributed by atoms with E-state index in [1.165, 1.54) is 11.1 Å². The quantitative estimate of drug-likeness (QED) is 0.454. The number of nitro benzene ring substituents is 1. The lowest BCUT2D eigenvalue weighted by Gasteiger charge is -2.12. The Morgan fingerprint density at radius 2 is 1.89 bits per heavy atom. The van der Waals surface area contributed by atoms with Gasteiger partial charge in [-0.15, -0.1) is 0 Å². The minimum Gasteiger partial charge on any atom is -0.258 e. The van der Waals surface area contributed by atoms with Gasteiger partial charge < -0.3 is 0 Å². The Morgan fingerprint density at radius 3 is 2.53 bits per heavy atom. The molecule has 0 fully saturated rings. The predicted molar refractivity (Wildman–Crippen MR) is 75.3 cm³/mol. The van der Waals surface area contributed by atoms with E-state index in [2.05, 4.69) is 26.0 Å². The maximum Gasteiger partial charge on any atom is 0.273 e. The molecule has 3 rings (SSSR count). The third kappa shape index (κ3) is 1.57. The van der Waals surface area contributed by atoms with Gasteiger partial charge in [-0.1, -0.05) is 43.7 Å². The maximum atomic E-state index is 11.2. The molecule has 19 heavy (non-hydrogen) atoms. The van der Waals surface area contributed by atoms with Crippen LogP contribution in [0.1, 0.15) is 49.7 Å². The first-order valence-electron chi connectivity index (χ1n) is 6.86. The normalized spacial score (nSPS) is 22.7. The monoisotopic (exact) mass is 255 g/mol. The molecule has 2 aliphatic carbocycles. The number of allylic oxidation sites excluding steroid dienone is 4. The number of rotatable bonds is 3. The predicted octanol–water partition coefficient (Wildman–Crippen LogP) is 4.46. The van der Waals surface area contributed by atoms with Crippen molar-refractivity contribution in [2.24, 2.45) is 0 Å². The molecule has 2 unspecified atom stereocenters. The van der Waals surface area contributed by atoms with E-state index in [1.54, 1.807) is 12.1 Å². The molecule has 3 nitrogen and oxygen atoms in total. The smallest absolute Gasteiger partial charge is 0.258 e. The first-order chi connectivity index (χ1) is 9.19. The summed E-state index contributed by atoms with van der Waals surface area (Å²) in [5, 5.41) is 11.2. The van der Waals surface area contributed by atoms with Crippen molar-refractivity contribution in [1.29, 1.82) is 0 Å². The van der Waals surface area contributed by atoms with Gasteiger partial charge in [-0.3, -0.25) is 10.1 Å². The van der Waals surface area contributed by atoms with Gasteiger partial charge in [0.1, 0.15) is 0 Å². The van der Waals surface area contributed by atoms with Crippen molar-refractivity contribution in [3.8, 4) is 0 Å². The zero-order chi connectivity index (χ0) is 13.6. The Hall–Kier alpha value is -1.90. The minimum absolute atomic E-state index is 0.136. The average Bonchev–Trinajstić information content (AvgIpc) is 2.97. The molecule has 2 bridgehead atoms. The van der Waals surface area contributed by atoms with Crippen LogP contribution in [0.25, 0.3) is 0 Å². The van der Waals surface area contributed by atoms with Crippen LogP contribution in [0.3, 0.4) is 0 Å². The fourth-order valence-electron chi connectivity index (χ4n) is 3.58. The van der Waals surface area contributed by atoms with E-state index >= 15 is 0 Å². The highest BCUT2D eigenvalue weighted by Gasteiger charge is 2.42. The van der Waals surface area contributed by atoms with E-state index < -0.39 is 0 Å². The molecule has 0 saturated carbocycles. The molecule has 2 atom stereocenters. The summed E-state index contributed by atoms with van der Waals surface area (Å²) in [6, 6.07) is 5.47. The molecule has 0 N–H and O–H groups in total. The topological polar surface area (TPSA) is 43.1 Å². The van der Waals surface area contributed by atoms with E-state index in [0.29, 0.717) is 0 Å². The Kier molecular flexibility index (Phi) is 2.77. The summed E-state index contributed by atoms with van der Waals surface area (Å²) in [5.74, 6) is 0.409. The van der Waals surface area contributed by atoms with Gasteiger partial charge in [-0.25, -0.2) is 0 Å².